The predicted molar refractivity (Wildman–Crippen MR) is 90.1 cm³/mol. The molecule has 2 amide bonds. The minimum Gasteiger partial charge on any atom is -0.378 e. The van der Waals surface area contributed by atoms with Crippen molar-refractivity contribution in [3.8, 4) is 6.07 Å². The molecule has 0 bridgehead atoms. The lowest BCUT2D eigenvalue weighted by atomic mass is 10.0. The Morgan fingerprint density at radius 2 is 2.00 bits per heavy atom. The zero-order chi connectivity index (χ0) is 17.4. The molecule has 0 aliphatic rings. The van der Waals surface area contributed by atoms with Crippen molar-refractivity contribution in [3.05, 3.63) is 29.8 Å². The third-order valence-electron chi connectivity index (χ3n) is 3.30. The van der Waals surface area contributed by atoms with Crippen molar-refractivity contribution in [1.82, 2.24) is 10.6 Å². The van der Waals surface area contributed by atoms with E-state index in [-0.39, 0.29) is 24.3 Å². The number of benzene rings is 1. The zero-order valence-electron chi connectivity index (χ0n) is 14.1. The molecule has 23 heavy (non-hydrogen) atoms. The highest BCUT2D eigenvalue weighted by Crippen LogP contribution is 2.14. The number of nitrogens with one attached hydrogen (secondary N) is 2. The third-order valence-corrected chi connectivity index (χ3v) is 3.30. The molecule has 0 aliphatic carbocycles. The quantitative estimate of drug-likeness (QED) is 0.747. The lowest BCUT2D eigenvalue weighted by Crippen LogP contribution is -2.47. The Balaban J connectivity index is 2.86. The number of anilines is 1. The van der Waals surface area contributed by atoms with Gasteiger partial charge in [0.05, 0.1) is 6.07 Å². The number of carbonyl (C=O) groups is 2. The van der Waals surface area contributed by atoms with Crippen LogP contribution in [0, 0.1) is 17.2 Å². The summed E-state index contributed by atoms with van der Waals surface area (Å²) in [7, 11) is 3.79. The van der Waals surface area contributed by atoms with Gasteiger partial charge < -0.3 is 15.5 Å². The molecule has 0 saturated heterocycles. The first kappa shape index (κ1) is 18.5. The molecule has 0 heterocycles. The Bertz CT molecular complexity index is 591. The molecule has 0 spiro atoms. The van der Waals surface area contributed by atoms with Gasteiger partial charge in [0, 0.05) is 25.3 Å². The van der Waals surface area contributed by atoms with Crippen LogP contribution in [0.2, 0.25) is 0 Å². The van der Waals surface area contributed by atoms with Gasteiger partial charge in [-0.15, -0.1) is 0 Å². The number of amides is 2. The van der Waals surface area contributed by atoms with E-state index in [4.69, 9.17) is 5.26 Å². The van der Waals surface area contributed by atoms with Gasteiger partial charge in [0.2, 0.25) is 5.91 Å². The molecule has 0 aliphatic heterocycles. The number of nitriles is 1. The number of hydrogen-bond acceptors (Lipinski definition) is 4. The summed E-state index contributed by atoms with van der Waals surface area (Å²) in [5.74, 6) is -0.398. The molecule has 6 heteroatoms. The van der Waals surface area contributed by atoms with Crippen LogP contribution in [0.4, 0.5) is 5.69 Å². The number of hydrogen-bond donors (Lipinski definition) is 2. The van der Waals surface area contributed by atoms with Gasteiger partial charge in [0.1, 0.15) is 12.6 Å². The van der Waals surface area contributed by atoms with Gasteiger partial charge in [-0.1, -0.05) is 19.9 Å². The molecule has 1 rings (SSSR count). The van der Waals surface area contributed by atoms with Gasteiger partial charge in [-0.2, -0.15) is 5.26 Å². The van der Waals surface area contributed by atoms with E-state index < -0.39 is 6.04 Å². The van der Waals surface area contributed by atoms with Gasteiger partial charge in [0.25, 0.3) is 5.91 Å². The summed E-state index contributed by atoms with van der Waals surface area (Å²) in [5.41, 5.74) is 1.41. The lowest BCUT2D eigenvalue weighted by molar-refractivity contribution is -0.123. The van der Waals surface area contributed by atoms with E-state index in [9.17, 15) is 9.59 Å². The van der Waals surface area contributed by atoms with Crippen molar-refractivity contribution in [1.29, 1.82) is 5.26 Å². The van der Waals surface area contributed by atoms with Crippen molar-refractivity contribution >= 4 is 17.5 Å². The molecular weight excluding hydrogens is 292 g/mol. The van der Waals surface area contributed by atoms with Gasteiger partial charge in [0.15, 0.2) is 0 Å². The molecule has 0 fully saturated rings. The second kappa shape index (κ2) is 8.79. The molecule has 0 aromatic heterocycles. The van der Waals surface area contributed by atoms with Gasteiger partial charge in [-0.05, 0) is 30.5 Å². The van der Waals surface area contributed by atoms with Crippen molar-refractivity contribution in [2.24, 2.45) is 5.92 Å². The summed E-state index contributed by atoms with van der Waals surface area (Å²) in [5, 5.41) is 13.8. The summed E-state index contributed by atoms with van der Waals surface area (Å²) in [6.07, 6.45) is 0.510. The first-order valence-electron chi connectivity index (χ1n) is 7.58. The van der Waals surface area contributed by atoms with Crippen LogP contribution < -0.4 is 15.5 Å². The van der Waals surface area contributed by atoms with E-state index in [2.05, 4.69) is 10.6 Å². The monoisotopic (exact) mass is 316 g/mol. The molecule has 0 saturated carbocycles. The fraction of sp³-hybridized carbons (Fsp3) is 0.471. The molecule has 1 unspecified atom stereocenters. The largest absolute Gasteiger partial charge is 0.378 e. The fourth-order valence-corrected chi connectivity index (χ4v) is 2.12. The van der Waals surface area contributed by atoms with E-state index in [1.807, 2.05) is 45.0 Å². The average Bonchev–Trinajstić information content (AvgIpc) is 2.51. The maximum absolute atomic E-state index is 12.4. The molecule has 1 aromatic rings. The number of carbonyl (C=O) groups excluding carboxylic acids is 2. The topological polar surface area (TPSA) is 85.2 Å². The summed E-state index contributed by atoms with van der Waals surface area (Å²) in [6, 6.07) is 8.40. The van der Waals surface area contributed by atoms with Crippen molar-refractivity contribution in [2.75, 3.05) is 25.5 Å². The van der Waals surface area contributed by atoms with Crippen LogP contribution in [0.5, 0.6) is 0 Å². The molecule has 1 aromatic carbocycles. The van der Waals surface area contributed by atoms with Gasteiger partial charge in [-0.25, -0.2) is 0 Å². The number of rotatable bonds is 7. The van der Waals surface area contributed by atoms with Gasteiger partial charge >= 0.3 is 0 Å². The average molecular weight is 316 g/mol. The van der Waals surface area contributed by atoms with Crippen LogP contribution in [0.1, 0.15) is 30.6 Å². The highest BCUT2D eigenvalue weighted by molar-refractivity contribution is 5.98. The van der Waals surface area contributed by atoms with Crippen LogP contribution in [0.3, 0.4) is 0 Å². The second-order valence-corrected chi connectivity index (χ2v) is 5.98. The Kier molecular flexibility index (Phi) is 7.07. The van der Waals surface area contributed by atoms with Gasteiger partial charge in [-0.3, -0.25) is 9.59 Å². The Hall–Kier alpha value is -2.55. The maximum atomic E-state index is 12.4. The van der Waals surface area contributed by atoms with E-state index in [1.165, 1.54) is 0 Å². The van der Waals surface area contributed by atoms with Crippen LogP contribution in [0.25, 0.3) is 0 Å². The van der Waals surface area contributed by atoms with Crippen molar-refractivity contribution in [2.45, 2.75) is 26.3 Å². The Labute approximate surface area is 137 Å². The lowest BCUT2D eigenvalue weighted by Gasteiger charge is -2.20. The van der Waals surface area contributed by atoms with Crippen LogP contribution >= 0.6 is 0 Å². The molecule has 124 valence electrons. The number of nitrogens with zero attached hydrogens (tertiary/aromatic N) is 2. The van der Waals surface area contributed by atoms with E-state index in [0.717, 1.165) is 5.69 Å². The van der Waals surface area contributed by atoms with E-state index >= 15 is 0 Å². The highest BCUT2D eigenvalue weighted by Gasteiger charge is 2.22. The molecule has 0 radical (unpaired) electrons. The summed E-state index contributed by atoms with van der Waals surface area (Å²) >= 11 is 0. The highest BCUT2D eigenvalue weighted by atomic mass is 16.2. The maximum Gasteiger partial charge on any atom is 0.252 e. The van der Waals surface area contributed by atoms with Crippen molar-refractivity contribution in [3.63, 3.8) is 0 Å². The minimum absolute atomic E-state index is 0.0700. The SMILES string of the molecule is CC(C)CC(NC(=O)c1cccc(N(C)C)c1)C(=O)NCC#N. The van der Waals surface area contributed by atoms with Crippen LogP contribution in [0.15, 0.2) is 24.3 Å². The first-order chi connectivity index (χ1) is 10.8. The molecule has 2 N–H and O–H groups in total. The van der Waals surface area contributed by atoms with E-state index in [1.54, 1.807) is 18.2 Å². The third kappa shape index (κ3) is 5.99. The summed E-state index contributed by atoms with van der Waals surface area (Å²) < 4.78 is 0. The Morgan fingerprint density at radius 3 is 2.57 bits per heavy atom. The standard InChI is InChI=1S/C17H24N4O2/c1-12(2)10-15(17(23)19-9-8-18)20-16(22)13-6-5-7-14(11-13)21(3)4/h5-7,11-12,15H,9-10H2,1-4H3,(H,19,23)(H,20,22). The van der Waals surface area contributed by atoms with Crippen LogP contribution in [-0.4, -0.2) is 38.5 Å². The summed E-state index contributed by atoms with van der Waals surface area (Å²) in [6.45, 7) is 3.88. The first-order valence-corrected chi connectivity index (χ1v) is 7.58. The smallest absolute Gasteiger partial charge is 0.252 e. The normalized spacial score (nSPS) is 11.5. The zero-order valence-corrected chi connectivity index (χ0v) is 14.1. The second-order valence-electron chi connectivity index (χ2n) is 5.98. The molecule has 6 nitrogen and oxygen atoms in total. The molecular formula is C17H24N4O2. The van der Waals surface area contributed by atoms with Crippen molar-refractivity contribution < 1.29 is 9.59 Å². The fourth-order valence-electron chi connectivity index (χ4n) is 2.12. The molecule has 1 atom stereocenters. The van der Waals surface area contributed by atoms with E-state index in [0.29, 0.717) is 12.0 Å². The Morgan fingerprint density at radius 1 is 1.30 bits per heavy atom. The summed E-state index contributed by atoms with van der Waals surface area (Å²) in [4.78, 5) is 26.4. The predicted octanol–water partition coefficient (Wildman–Crippen LogP) is 1.54. The minimum atomic E-state index is -0.654. The van der Waals surface area contributed by atoms with Crippen LogP contribution in [-0.2, 0) is 4.79 Å².